The molecule has 3 N–H and O–H groups in total. The average molecular weight is 253 g/mol. The minimum absolute atomic E-state index is 0.154. The van der Waals surface area contributed by atoms with Gasteiger partial charge in [-0.15, -0.1) is 0 Å². The molecule has 17 heavy (non-hydrogen) atoms. The number of nitrogens with zero attached hydrogens (tertiary/aromatic N) is 1. The van der Waals surface area contributed by atoms with Crippen LogP contribution in [0.5, 0.6) is 0 Å². The van der Waals surface area contributed by atoms with Crippen molar-refractivity contribution in [3.63, 3.8) is 0 Å². The van der Waals surface area contributed by atoms with Crippen molar-refractivity contribution >= 4 is 23.0 Å². The molecule has 94 valence electrons. The van der Waals surface area contributed by atoms with E-state index in [1.807, 2.05) is 26.8 Å². The van der Waals surface area contributed by atoms with Gasteiger partial charge in [-0.3, -0.25) is 0 Å². The van der Waals surface area contributed by atoms with Crippen LogP contribution in [0.4, 0.5) is 5.82 Å². The van der Waals surface area contributed by atoms with Crippen LogP contribution in [0.1, 0.15) is 23.7 Å². The molecule has 4 nitrogen and oxygen atoms in total. The highest BCUT2D eigenvalue weighted by Gasteiger charge is 2.13. The summed E-state index contributed by atoms with van der Waals surface area (Å²) >= 11 is 5.06. The number of aryl methyl sites for hydroxylation is 2. The van der Waals surface area contributed by atoms with Crippen molar-refractivity contribution < 1.29 is 4.74 Å². The Hall–Kier alpha value is -1.20. The van der Waals surface area contributed by atoms with Gasteiger partial charge in [-0.1, -0.05) is 12.2 Å². The number of nitrogens with one attached hydrogen (secondary N) is 1. The Labute approximate surface area is 108 Å². The minimum Gasteiger partial charge on any atom is -0.389 e. The quantitative estimate of drug-likeness (QED) is 0.783. The highest BCUT2D eigenvalue weighted by Crippen LogP contribution is 2.19. The predicted octanol–water partition coefficient (Wildman–Crippen LogP) is 1.78. The standard InChI is InChI=1S/C12H19N3OS/c1-7-5-8(2)14-12(10(7)11(13)17)15-9(3)6-16-4/h5,9H,6H2,1-4H3,(H2,13,17)(H,14,15). The number of pyridine rings is 1. The summed E-state index contributed by atoms with van der Waals surface area (Å²) in [5.41, 5.74) is 8.53. The Balaban J connectivity index is 3.08. The Morgan fingerprint density at radius 3 is 2.76 bits per heavy atom. The largest absolute Gasteiger partial charge is 0.389 e. The molecule has 0 radical (unpaired) electrons. The van der Waals surface area contributed by atoms with Gasteiger partial charge in [0.25, 0.3) is 0 Å². The van der Waals surface area contributed by atoms with Gasteiger partial charge < -0.3 is 15.8 Å². The molecule has 0 saturated carbocycles. The number of hydrogen-bond donors (Lipinski definition) is 2. The van der Waals surface area contributed by atoms with E-state index in [1.54, 1.807) is 7.11 Å². The summed E-state index contributed by atoms with van der Waals surface area (Å²) in [6, 6.07) is 2.13. The molecule has 1 heterocycles. The van der Waals surface area contributed by atoms with Crippen LogP contribution >= 0.6 is 12.2 Å². The second-order valence-electron chi connectivity index (χ2n) is 4.17. The maximum atomic E-state index is 5.74. The van der Waals surface area contributed by atoms with Crippen molar-refractivity contribution in [2.24, 2.45) is 5.73 Å². The molecule has 0 fully saturated rings. The Morgan fingerprint density at radius 1 is 1.59 bits per heavy atom. The second kappa shape index (κ2) is 5.93. The van der Waals surface area contributed by atoms with Gasteiger partial charge >= 0.3 is 0 Å². The molecule has 0 amide bonds. The molecule has 1 atom stereocenters. The van der Waals surface area contributed by atoms with Crippen molar-refractivity contribution in [3.05, 3.63) is 22.9 Å². The molecule has 0 aliphatic carbocycles. The zero-order chi connectivity index (χ0) is 13.0. The minimum atomic E-state index is 0.154. The lowest BCUT2D eigenvalue weighted by molar-refractivity contribution is 0.190. The van der Waals surface area contributed by atoms with Gasteiger partial charge in [0.2, 0.25) is 0 Å². The Morgan fingerprint density at radius 2 is 2.24 bits per heavy atom. The van der Waals surface area contributed by atoms with Gasteiger partial charge in [-0.05, 0) is 32.4 Å². The summed E-state index contributed by atoms with van der Waals surface area (Å²) < 4.78 is 5.08. The van der Waals surface area contributed by atoms with Crippen molar-refractivity contribution in [1.29, 1.82) is 0 Å². The molecule has 0 aliphatic heterocycles. The van der Waals surface area contributed by atoms with E-state index in [9.17, 15) is 0 Å². The number of ether oxygens (including phenoxy) is 1. The summed E-state index contributed by atoms with van der Waals surface area (Å²) in [5, 5.41) is 3.27. The van der Waals surface area contributed by atoms with Gasteiger partial charge in [0.15, 0.2) is 0 Å². The fourth-order valence-corrected chi connectivity index (χ4v) is 2.03. The van der Waals surface area contributed by atoms with Crippen LogP contribution in [0.15, 0.2) is 6.07 Å². The van der Waals surface area contributed by atoms with E-state index in [0.717, 1.165) is 22.6 Å². The molecule has 0 bridgehead atoms. The molecule has 1 aromatic heterocycles. The van der Waals surface area contributed by atoms with Crippen LogP contribution in [-0.2, 0) is 4.74 Å². The number of methoxy groups -OCH3 is 1. The van der Waals surface area contributed by atoms with Crippen molar-refractivity contribution in [2.45, 2.75) is 26.8 Å². The van der Waals surface area contributed by atoms with E-state index >= 15 is 0 Å². The number of anilines is 1. The smallest absolute Gasteiger partial charge is 0.137 e. The first-order valence-corrected chi connectivity index (χ1v) is 5.90. The van der Waals surface area contributed by atoms with Gasteiger partial charge in [-0.2, -0.15) is 0 Å². The third-order valence-electron chi connectivity index (χ3n) is 2.39. The Bertz CT molecular complexity index is 420. The number of nitrogens with two attached hydrogens (primary N) is 1. The summed E-state index contributed by atoms with van der Waals surface area (Å²) in [7, 11) is 1.67. The summed E-state index contributed by atoms with van der Waals surface area (Å²) in [6.07, 6.45) is 0. The summed E-state index contributed by atoms with van der Waals surface area (Å²) in [5.74, 6) is 0.736. The first-order valence-electron chi connectivity index (χ1n) is 5.49. The zero-order valence-corrected chi connectivity index (χ0v) is 11.5. The van der Waals surface area contributed by atoms with E-state index in [4.69, 9.17) is 22.7 Å². The summed E-state index contributed by atoms with van der Waals surface area (Å²) in [6.45, 7) is 6.55. The van der Waals surface area contributed by atoms with E-state index < -0.39 is 0 Å². The van der Waals surface area contributed by atoms with Gasteiger partial charge in [-0.25, -0.2) is 4.98 Å². The first kappa shape index (κ1) is 13.9. The molecule has 0 aliphatic rings. The third kappa shape index (κ3) is 3.64. The topological polar surface area (TPSA) is 60.2 Å². The average Bonchev–Trinajstić information content (AvgIpc) is 2.15. The van der Waals surface area contributed by atoms with Crippen molar-refractivity contribution in [1.82, 2.24) is 4.98 Å². The zero-order valence-electron chi connectivity index (χ0n) is 10.7. The van der Waals surface area contributed by atoms with E-state index in [-0.39, 0.29) is 6.04 Å². The Kier molecular flexibility index (Phi) is 4.84. The van der Waals surface area contributed by atoms with Crippen LogP contribution in [0.2, 0.25) is 0 Å². The van der Waals surface area contributed by atoms with Gasteiger partial charge in [0.1, 0.15) is 10.8 Å². The van der Waals surface area contributed by atoms with E-state index in [2.05, 4.69) is 10.3 Å². The molecular weight excluding hydrogens is 234 g/mol. The monoisotopic (exact) mass is 253 g/mol. The first-order chi connectivity index (χ1) is 7.95. The predicted molar refractivity (Wildman–Crippen MR) is 74.6 cm³/mol. The number of rotatable bonds is 5. The van der Waals surface area contributed by atoms with Crippen LogP contribution in [-0.4, -0.2) is 29.7 Å². The lowest BCUT2D eigenvalue weighted by Crippen LogP contribution is -2.25. The lowest BCUT2D eigenvalue weighted by atomic mass is 10.1. The normalized spacial score (nSPS) is 12.2. The fraction of sp³-hybridized carbons (Fsp3) is 0.500. The molecule has 0 spiro atoms. The molecule has 1 unspecified atom stereocenters. The highest BCUT2D eigenvalue weighted by molar-refractivity contribution is 7.80. The summed E-state index contributed by atoms with van der Waals surface area (Å²) in [4.78, 5) is 4.81. The van der Waals surface area contributed by atoms with Crippen LogP contribution in [0, 0.1) is 13.8 Å². The number of hydrogen-bond acceptors (Lipinski definition) is 4. The fourth-order valence-electron chi connectivity index (χ4n) is 1.78. The van der Waals surface area contributed by atoms with E-state index in [0.29, 0.717) is 11.6 Å². The number of aromatic nitrogens is 1. The molecule has 1 aromatic rings. The second-order valence-corrected chi connectivity index (χ2v) is 4.61. The third-order valence-corrected chi connectivity index (χ3v) is 2.59. The van der Waals surface area contributed by atoms with Gasteiger partial charge in [0.05, 0.1) is 12.2 Å². The number of thiocarbonyl (C=S) groups is 1. The SMILES string of the molecule is COCC(C)Nc1nc(C)cc(C)c1C(N)=S. The highest BCUT2D eigenvalue weighted by atomic mass is 32.1. The van der Waals surface area contributed by atoms with Gasteiger partial charge in [0, 0.05) is 18.8 Å². The molecule has 1 rings (SSSR count). The molecule has 0 aromatic carbocycles. The van der Waals surface area contributed by atoms with Crippen LogP contribution in [0.25, 0.3) is 0 Å². The maximum Gasteiger partial charge on any atom is 0.137 e. The molecule has 0 saturated heterocycles. The molecule has 5 heteroatoms. The van der Waals surface area contributed by atoms with Crippen molar-refractivity contribution in [2.75, 3.05) is 19.0 Å². The molecular formula is C12H19N3OS. The van der Waals surface area contributed by atoms with E-state index in [1.165, 1.54) is 0 Å². The van der Waals surface area contributed by atoms with Crippen LogP contribution < -0.4 is 11.1 Å². The van der Waals surface area contributed by atoms with Crippen LogP contribution in [0.3, 0.4) is 0 Å². The lowest BCUT2D eigenvalue weighted by Gasteiger charge is -2.18. The van der Waals surface area contributed by atoms with Crippen molar-refractivity contribution in [3.8, 4) is 0 Å². The maximum absolute atomic E-state index is 5.74.